The molecular formula is C24H30N2O3. The Morgan fingerprint density at radius 1 is 0.931 bits per heavy atom. The van der Waals surface area contributed by atoms with E-state index in [4.69, 9.17) is 9.47 Å². The van der Waals surface area contributed by atoms with Crippen molar-refractivity contribution in [2.45, 2.75) is 44.3 Å². The minimum absolute atomic E-state index is 0.151. The van der Waals surface area contributed by atoms with Gasteiger partial charge in [-0.1, -0.05) is 42.5 Å². The van der Waals surface area contributed by atoms with E-state index in [1.54, 1.807) is 4.90 Å². The number of nitrogens with one attached hydrogen (secondary N) is 1. The summed E-state index contributed by atoms with van der Waals surface area (Å²) in [6, 6.07) is 18.4. The standard InChI is InChI=1S/C24H30N2O3/c27-24(28-18-19-4-2-1-3-5-19)26-16-12-23(13-17-26)29-22-8-6-20(7-9-22)21-10-14-25-15-11-21/h1-9,21,23,25H,10-18H2. The maximum absolute atomic E-state index is 12.3. The second-order valence-electron chi connectivity index (χ2n) is 7.94. The number of hydrogen-bond acceptors (Lipinski definition) is 4. The maximum atomic E-state index is 12.3. The van der Waals surface area contributed by atoms with Gasteiger partial charge in [0.2, 0.25) is 0 Å². The van der Waals surface area contributed by atoms with Gasteiger partial charge in [0, 0.05) is 25.9 Å². The third-order valence-electron chi connectivity index (χ3n) is 5.90. The Hall–Kier alpha value is -2.53. The molecule has 5 nitrogen and oxygen atoms in total. The smallest absolute Gasteiger partial charge is 0.410 e. The predicted molar refractivity (Wildman–Crippen MR) is 113 cm³/mol. The van der Waals surface area contributed by atoms with Crippen LogP contribution in [0.1, 0.15) is 42.7 Å². The number of nitrogens with zero attached hydrogens (tertiary/aromatic N) is 1. The predicted octanol–water partition coefficient (Wildman–Crippen LogP) is 4.33. The lowest BCUT2D eigenvalue weighted by Gasteiger charge is -2.31. The zero-order chi connectivity index (χ0) is 19.9. The van der Waals surface area contributed by atoms with Gasteiger partial charge in [-0.3, -0.25) is 0 Å². The molecule has 0 aliphatic carbocycles. The van der Waals surface area contributed by atoms with Crippen LogP contribution >= 0.6 is 0 Å². The van der Waals surface area contributed by atoms with Crippen molar-refractivity contribution in [3.05, 3.63) is 65.7 Å². The molecule has 2 fully saturated rings. The number of carbonyl (C=O) groups is 1. The quantitative estimate of drug-likeness (QED) is 0.820. The Kier molecular flexibility index (Phi) is 6.67. The molecule has 0 bridgehead atoms. The van der Waals surface area contributed by atoms with Crippen molar-refractivity contribution >= 4 is 6.09 Å². The molecule has 29 heavy (non-hydrogen) atoms. The number of amides is 1. The number of benzene rings is 2. The fourth-order valence-corrected chi connectivity index (χ4v) is 4.13. The van der Waals surface area contributed by atoms with Crippen molar-refractivity contribution in [1.82, 2.24) is 10.2 Å². The molecule has 2 saturated heterocycles. The first kappa shape index (κ1) is 19.8. The van der Waals surface area contributed by atoms with Crippen molar-refractivity contribution in [3.8, 4) is 5.75 Å². The van der Waals surface area contributed by atoms with Crippen LogP contribution in [0.3, 0.4) is 0 Å². The first-order valence-electron chi connectivity index (χ1n) is 10.7. The number of piperidine rings is 2. The Bertz CT molecular complexity index is 764. The third-order valence-corrected chi connectivity index (χ3v) is 5.90. The summed E-state index contributed by atoms with van der Waals surface area (Å²) in [6.45, 7) is 3.88. The van der Waals surface area contributed by atoms with E-state index >= 15 is 0 Å². The molecule has 0 radical (unpaired) electrons. The average Bonchev–Trinajstić information content (AvgIpc) is 2.80. The van der Waals surface area contributed by atoms with E-state index in [-0.39, 0.29) is 12.2 Å². The second kappa shape index (κ2) is 9.79. The van der Waals surface area contributed by atoms with E-state index in [0.717, 1.165) is 37.2 Å². The van der Waals surface area contributed by atoms with Gasteiger partial charge in [0.05, 0.1) is 0 Å². The summed E-state index contributed by atoms with van der Waals surface area (Å²) in [5, 5.41) is 3.42. The molecule has 0 saturated carbocycles. The molecule has 5 heteroatoms. The van der Waals surface area contributed by atoms with Crippen LogP contribution in [-0.4, -0.2) is 43.3 Å². The van der Waals surface area contributed by atoms with Crippen molar-refractivity contribution < 1.29 is 14.3 Å². The number of rotatable bonds is 5. The molecule has 154 valence electrons. The van der Waals surface area contributed by atoms with Crippen LogP contribution in [0.15, 0.2) is 54.6 Å². The Balaban J connectivity index is 1.21. The lowest BCUT2D eigenvalue weighted by molar-refractivity contribution is 0.0638. The number of hydrogen-bond donors (Lipinski definition) is 1. The van der Waals surface area contributed by atoms with Gasteiger partial charge in [0.25, 0.3) is 0 Å². The molecule has 2 aromatic rings. The Morgan fingerprint density at radius 2 is 1.62 bits per heavy atom. The van der Waals surface area contributed by atoms with Crippen LogP contribution in [-0.2, 0) is 11.3 Å². The van der Waals surface area contributed by atoms with Crippen molar-refractivity contribution in [3.63, 3.8) is 0 Å². The van der Waals surface area contributed by atoms with Crippen LogP contribution in [0.5, 0.6) is 5.75 Å². The summed E-state index contributed by atoms with van der Waals surface area (Å²) in [6.07, 6.45) is 3.99. The third kappa shape index (κ3) is 5.51. The van der Waals surface area contributed by atoms with Crippen LogP contribution in [0.4, 0.5) is 4.79 Å². The monoisotopic (exact) mass is 394 g/mol. The summed E-state index contributed by atoms with van der Waals surface area (Å²) < 4.78 is 11.6. The van der Waals surface area contributed by atoms with Crippen LogP contribution < -0.4 is 10.1 Å². The Morgan fingerprint density at radius 3 is 2.31 bits per heavy atom. The van der Waals surface area contributed by atoms with Crippen LogP contribution in [0.25, 0.3) is 0 Å². The fourth-order valence-electron chi connectivity index (χ4n) is 4.13. The highest BCUT2D eigenvalue weighted by Gasteiger charge is 2.25. The highest BCUT2D eigenvalue weighted by molar-refractivity contribution is 5.67. The summed E-state index contributed by atoms with van der Waals surface area (Å²) in [5.41, 5.74) is 2.42. The van der Waals surface area contributed by atoms with Gasteiger partial charge in [-0.2, -0.15) is 0 Å². The lowest BCUT2D eigenvalue weighted by atomic mass is 9.90. The first-order valence-corrected chi connectivity index (χ1v) is 10.7. The normalized spacial score (nSPS) is 18.4. The van der Waals surface area contributed by atoms with Gasteiger partial charge in [0.15, 0.2) is 0 Å². The van der Waals surface area contributed by atoms with Gasteiger partial charge in [-0.15, -0.1) is 0 Å². The highest BCUT2D eigenvalue weighted by atomic mass is 16.6. The summed E-state index contributed by atoms with van der Waals surface area (Å²) >= 11 is 0. The molecule has 0 aromatic heterocycles. The molecular weight excluding hydrogens is 364 g/mol. The van der Waals surface area contributed by atoms with Gasteiger partial charge < -0.3 is 19.7 Å². The van der Waals surface area contributed by atoms with E-state index in [1.807, 2.05) is 30.3 Å². The minimum atomic E-state index is -0.237. The van der Waals surface area contributed by atoms with Crippen LogP contribution in [0, 0.1) is 0 Å². The summed E-state index contributed by atoms with van der Waals surface area (Å²) in [5.74, 6) is 1.59. The molecule has 0 atom stereocenters. The van der Waals surface area contributed by atoms with E-state index in [9.17, 15) is 4.79 Å². The molecule has 2 heterocycles. The SMILES string of the molecule is O=C(OCc1ccccc1)N1CCC(Oc2ccc(C3CCNCC3)cc2)CC1. The minimum Gasteiger partial charge on any atom is -0.490 e. The zero-order valence-electron chi connectivity index (χ0n) is 16.9. The molecule has 2 aliphatic rings. The lowest BCUT2D eigenvalue weighted by Crippen LogP contribution is -2.42. The first-order chi connectivity index (χ1) is 14.3. The number of likely N-dealkylation sites (tertiary alicyclic amines) is 1. The molecule has 0 unspecified atom stereocenters. The van der Waals surface area contributed by atoms with Crippen LogP contribution in [0.2, 0.25) is 0 Å². The van der Waals surface area contributed by atoms with E-state index in [1.165, 1.54) is 18.4 Å². The zero-order valence-corrected chi connectivity index (χ0v) is 16.9. The molecule has 0 spiro atoms. The maximum Gasteiger partial charge on any atom is 0.410 e. The topological polar surface area (TPSA) is 50.8 Å². The highest BCUT2D eigenvalue weighted by Crippen LogP contribution is 2.27. The summed E-state index contributed by atoms with van der Waals surface area (Å²) in [4.78, 5) is 14.1. The fraction of sp³-hybridized carbons (Fsp3) is 0.458. The largest absolute Gasteiger partial charge is 0.490 e. The number of ether oxygens (including phenoxy) is 2. The second-order valence-corrected chi connectivity index (χ2v) is 7.94. The van der Waals surface area contributed by atoms with E-state index < -0.39 is 0 Å². The summed E-state index contributed by atoms with van der Waals surface area (Å²) in [7, 11) is 0. The van der Waals surface area contributed by atoms with Gasteiger partial charge in [-0.25, -0.2) is 4.79 Å². The van der Waals surface area contributed by atoms with E-state index in [0.29, 0.717) is 25.6 Å². The van der Waals surface area contributed by atoms with Gasteiger partial charge >= 0.3 is 6.09 Å². The molecule has 2 aliphatic heterocycles. The van der Waals surface area contributed by atoms with Crippen molar-refractivity contribution in [2.24, 2.45) is 0 Å². The average molecular weight is 395 g/mol. The Labute approximate surface area is 173 Å². The molecule has 4 rings (SSSR count). The van der Waals surface area contributed by atoms with Gasteiger partial charge in [-0.05, 0) is 55.1 Å². The van der Waals surface area contributed by atoms with Crippen molar-refractivity contribution in [2.75, 3.05) is 26.2 Å². The van der Waals surface area contributed by atoms with E-state index in [2.05, 4.69) is 29.6 Å². The molecule has 1 N–H and O–H groups in total. The van der Waals surface area contributed by atoms with Gasteiger partial charge in [0.1, 0.15) is 18.5 Å². The number of carbonyl (C=O) groups excluding carboxylic acids is 1. The molecule has 1 amide bonds. The molecule has 2 aromatic carbocycles. The van der Waals surface area contributed by atoms with Crippen molar-refractivity contribution in [1.29, 1.82) is 0 Å².